The van der Waals surface area contributed by atoms with Crippen LogP contribution in [-0.2, 0) is 0 Å². The first-order chi connectivity index (χ1) is 8.61. The van der Waals surface area contributed by atoms with E-state index in [1.807, 2.05) is 0 Å². The van der Waals surface area contributed by atoms with E-state index in [9.17, 15) is 0 Å². The van der Waals surface area contributed by atoms with Gasteiger partial charge in [-0.05, 0) is 81.4 Å². The fourth-order valence-electron chi connectivity index (χ4n) is 2.56. The van der Waals surface area contributed by atoms with Crippen LogP contribution in [0.3, 0.4) is 0 Å². The third-order valence-electron chi connectivity index (χ3n) is 3.81. The third kappa shape index (κ3) is 3.35. The van der Waals surface area contributed by atoms with Gasteiger partial charge in [0.1, 0.15) is 0 Å². The Labute approximate surface area is 126 Å². The maximum absolute atomic E-state index is 5.99. The molecule has 0 saturated carbocycles. The van der Waals surface area contributed by atoms with Crippen LogP contribution in [-0.4, -0.2) is 24.5 Å². The van der Waals surface area contributed by atoms with Gasteiger partial charge in [-0.3, -0.25) is 4.90 Å². The van der Waals surface area contributed by atoms with Crippen molar-refractivity contribution in [1.82, 2.24) is 4.90 Å². The highest BCUT2D eigenvalue weighted by atomic mass is 79.9. The average Bonchev–Trinajstić information content (AvgIpc) is 2.37. The molecule has 1 atom stereocenters. The van der Waals surface area contributed by atoms with Crippen LogP contribution in [0.2, 0.25) is 0 Å². The molecule has 0 aliphatic carbocycles. The molecule has 1 aliphatic heterocycles. The fraction of sp³-hybridized carbons (Fsp3) is 0.571. The van der Waals surface area contributed by atoms with Gasteiger partial charge in [0.25, 0.3) is 0 Å². The number of hydrogen-bond donors (Lipinski definition) is 1. The quantitative estimate of drug-likeness (QED) is 0.866. The molecule has 2 rings (SSSR count). The summed E-state index contributed by atoms with van der Waals surface area (Å²) in [5.41, 5.74) is 7.30. The maximum Gasteiger partial charge on any atom is 0.0470 e. The Balaban J connectivity index is 2.14. The van der Waals surface area contributed by atoms with Crippen molar-refractivity contribution in [3.63, 3.8) is 0 Å². The van der Waals surface area contributed by atoms with Gasteiger partial charge < -0.3 is 5.73 Å². The third-order valence-corrected chi connectivity index (χ3v) is 5.69. The van der Waals surface area contributed by atoms with Crippen molar-refractivity contribution in [1.29, 1.82) is 0 Å². The van der Waals surface area contributed by atoms with Crippen molar-refractivity contribution < 1.29 is 0 Å². The first-order valence-electron chi connectivity index (χ1n) is 6.51. The lowest BCUT2D eigenvalue weighted by Gasteiger charge is -2.36. The van der Waals surface area contributed by atoms with E-state index in [1.165, 1.54) is 18.4 Å². The number of benzene rings is 1. The van der Waals surface area contributed by atoms with E-state index in [-0.39, 0.29) is 0 Å². The van der Waals surface area contributed by atoms with Crippen molar-refractivity contribution in [3.05, 3.63) is 32.7 Å². The summed E-state index contributed by atoms with van der Waals surface area (Å²) in [6.45, 7) is 5.35. The summed E-state index contributed by atoms with van der Waals surface area (Å²) in [5.74, 6) is 0.858. The van der Waals surface area contributed by atoms with Gasteiger partial charge in [0.2, 0.25) is 0 Å². The van der Waals surface area contributed by atoms with E-state index in [0.717, 1.165) is 28.0 Å². The minimum atomic E-state index is 0.349. The van der Waals surface area contributed by atoms with Gasteiger partial charge in [-0.15, -0.1) is 0 Å². The van der Waals surface area contributed by atoms with Crippen LogP contribution < -0.4 is 5.73 Å². The highest BCUT2D eigenvalue weighted by Crippen LogP contribution is 2.30. The standard InChI is InChI=1S/C14H20Br2N2/c1-10-4-6-18(7-5-10)14(9-17)11-2-3-12(15)13(16)8-11/h2-3,8,10,14H,4-7,9,17H2,1H3. The summed E-state index contributed by atoms with van der Waals surface area (Å²) in [7, 11) is 0. The topological polar surface area (TPSA) is 29.3 Å². The lowest BCUT2D eigenvalue weighted by Crippen LogP contribution is -2.39. The molecule has 1 aromatic rings. The number of nitrogens with zero attached hydrogens (tertiary/aromatic N) is 1. The van der Waals surface area contributed by atoms with Crippen molar-refractivity contribution in [2.75, 3.05) is 19.6 Å². The van der Waals surface area contributed by atoms with Crippen molar-refractivity contribution in [2.45, 2.75) is 25.8 Å². The summed E-state index contributed by atoms with van der Waals surface area (Å²) < 4.78 is 2.19. The first-order valence-corrected chi connectivity index (χ1v) is 8.09. The average molecular weight is 376 g/mol. The van der Waals surface area contributed by atoms with Crippen molar-refractivity contribution in [2.24, 2.45) is 11.7 Å². The molecule has 0 spiro atoms. The van der Waals surface area contributed by atoms with E-state index in [2.05, 4.69) is 61.9 Å². The fourth-order valence-corrected chi connectivity index (χ4v) is 3.20. The lowest BCUT2D eigenvalue weighted by molar-refractivity contribution is 0.141. The Morgan fingerprint density at radius 2 is 1.94 bits per heavy atom. The predicted octanol–water partition coefficient (Wildman–Crippen LogP) is 3.94. The van der Waals surface area contributed by atoms with Crippen LogP contribution in [0.4, 0.5) is 0 Å². The second-order valence-corrected chi connectivity index (χ2v) is 6.85. The zero-order valence-electron chi connectivity index (χ0n) is 10.7. The largest absolute Gasteiger partial charge is 0.329 e. The van der Waals surface area contributed by atoms with Crippen LogP contribution in [0.15, 0.2) is 27.1 Å². The van der Waals surface area contributed by atoms with E-state index < -0.39 is 0 Å². The molecule has 0 bridgehead atoms. The zero-order chi connectivity index (χ0) is 13.1. The molecule has 2 N–H and O–H groups in total. The normalized spacial score (nSPS) is 20.0. The molecule has 100 valence electrons. The van der Waals surface area contributed by atoms with Crippen LogP contribution in [0.1, 0.15) is 31.4 Å². The zero-order valence-corrected chi connectivity index (χ0v) is 13.9. The molecule has 18 heavy (non-hydrogen) atoms. The van der Waals surface area contributed by atoms with Gasteiger partial charge >= 0.3 is 0 Å². The first kappa shape index (κ1) is 14.5. The maximum atomic E-state index is 5.99. The summed E-state index contributed by atoms with van der Waals surface area (Å²) in [6, 6.07) is 6.79. The molecular formula is C14H20Br2N2. The molecule has 1 heterocycles. The molecular weight excluding hydrogens is 356 g/mol. The van der Waals surface area contributed by atoms with Gasteiger partial charge in [0, 0.05) is 21.5 Å². The molecule has 1 unspecified atom stereocenters. The van der Waals surface area contributed by atoms with Crippen LogP contribution in [0.25, 0.3) is 0 Å². The molecule has 2 nitrogen and oxygen atoms in total. The molecule has 1 aromatic carbocycles. The van der Waals surface area contributed by atoms with Crippen molar-refractivity contribution in [3.8, 4) is 0 Å². The Bertz CT molecular complexity index is 401. The Hall–Kier alpha value is 0.1000. The Morgan fingerprint density at radius 1 is 1.28 bits per heavy atom. The van der Waals surface area contributed by atoms with Crippen LogP contribution in [0.5, 0.6) is 0 Å². The van der Waals surface area contributed by atoms with Gasteiger partial charge in [-0.1, -0.05) is 13.0 Å². The Kier molecular flexibility index (Phi) is 5.24. The second-order valence-electron chi connectivity index (χ2n) is 5.14. The van der Waals surface area contributed by atoms with E-state index >= 15 is 0 Å². The van der Waals surface area contributed by atoms with Crippen LogP contribution in [0, 0.1) is 5.92 Å². The van der Waals surface area contributed by atoms with Gasteiger partial charge in [-0.2, -0.15) is 0 Å². The number of rotatable bonds is 3. The van der Waals surface area contributed by atoms with Gasteiger partial charge in [0.15, 0.2) is 0 Å². The van der Waals surface area contributed by atoms with Crippen molar-refractivity contribution >= 4 is 31.9 Å². The van der Waals surface area contributed by atoms with E-state index in [1.54, 1.807) is 0 Å². The number of hydrogen-bond acceptors (Lipinski definition) is 2. The summed E-state index contributed by atoms with van der Waals surface area (Å²) in [4.78, 5) is 2.52. The SMILES string of the molecule is CC1CCN(C(CN)c2ccc(Br)c(Br)c2)CC1. The molecule has 4 heteroatoms. The minimum absolute atomic E-state index is 0.349. The molecule has 0 amide bonds. The van der Waals surface area contributed by atoms with Gasteiger partial charge in [-0.25, -0.2) is 0 Å². The molecule has 1 saturated heterocycles. The lowest BCUT2D eigenvalue weighted by atomic mass is 9.96. The number of piperidine rings is 1. The van der Waals surface area contributed by atoms with E-state index in [4.69, 9.17) is 5.73 Å². The highest BCUT2D eigenvalue weighted by Gasteiger charge is 2.23. The summed E-state index contributed by atoms with van der Waals surface area (Å²) >= 11 is 7.08. The number of nitrogens with two attached hydrogens (primary N) is 1. The minimum Gasteiger partial charge on any atom is -0.329 e. The number of halogens is 2. The van der Waals surface area contributed by atoms with Gasteiger partial charge in [0.05, 0.1) is 0 Å². The summed E-state index contributed by atoms with van der Waals surface area (Å²) in [6.07, 6.45) is 2.57. The molecule has 0 radical (unpaired) electrons. The van der Waals surface area contributed by atoms with E-state index in [0.29, 0.717) is 12.6 Å². The smallest absolute Gasteiger partial charge is 0.0470 e. The van der Waals surface area contributed by atoms with Crippen LogP contribution >= 0.6 is 31.9 Å². The second kappa shape index (κ2) is 6.51. The Morgan fingerprint density at radius 3 is 2.50 bits per heavy atom. The summed E-state index contributed by atoms with van der Waals surface area (Å²) in [5, 5.41) is 0. The highest BCUT2D eigenvalue weighted by molar-refractivity contribution is 9.13. The number of likely N-dealkylation sites (tertiary alicyclic amines) is 1. The predicted molar refractivity (Wildman–Crippen MR) is 83.6 cm³/mol. The molecule has 0 aromatic heterocycles. The molecule has 1 fully saturated rings. The monoisotopic (exact) mass is 374 g/mol. The molecule has 1 aliphatic rings.